The third-order valence-electron chi connectivity index (χ3n) is 3.80. The van der Waals surface area contributed by atoms with Gasteiger partial charge >= 0.3 is 0 Å². The number of hydrogen-bond donors (Lipinski definition) is 1. The highest BCUT2D eigenvalue weighted by Crippen LogP contribution is 2.10. The van der Waals surface area contributed by atoms with E-state index in [0.717, 1.165) is 32.5 Å². The number of hydrogen-bond acceptors (Lipinski definition) is 3. The van der Waals surface area contributed by atoms with E-state index in [2.05, 4.69) is 17.0 Å². The molecule has 1 amide bonds. The first kappa shape index (κ1) is 14.0. The third-order valence-corrected chi connectivity index (χ3v) is 3.80. The second-order valence-corrected chi connectivity index (χ2v) is 5.15. The van der Waals surface area contributed by atoms with E-state index in [9.17, 15) is 4.79 Å². The summed E-state index contributed by atoms with van der Waals surface area (Å²) in [5.74, 6) is 0.179. The molecule has 0 radical (unpaired) electrons. The van der Waals surface area contributed by atoms with E-state index in [-0.39, 0.29) is 11.9 Å². The predicted octanol–water partition coefficient (Wildman–Crippen LogP) is 0.720. The SMILES string of the molecule is CN1CCCN(CCc2ccccc2)C(=O)C1CN. The Labute approximate surface area is 115 Å². The van der Waals surface area contributed by atoms with Crippen molar-refractivity contribution in [3.05, 3.63) is 35.9 Å². The summed E-state index contributed by atoms with van der Waals surface area (Å²) in [6.45, 7) is 2.96. The fraction of sp³-hybridized carbons (Fsp3) is 0.533. The van der Waals surface area contributed by atoms with Crippen LogP contribution in [0.1, 0.15) is 12.0 Å². The Balaban J connectivity index is 1.97. The van der Waals surface area contributed by atoms with Crippen molar-refractivity contribution < 1.29 is 4.79 Å². The molecular formula is C15H23N3O. The van der Waals surface area contributed by atoms with Crippen LogP contribution in [-0.2, 0) is 11.2 Å². The zero-order valence-corrected chi connectivity index (χ0v) is 11.6. The molecule has 1 atom stereocenters. The minimum atomic E-state index is -0.154. The molecule has 1 unspecified atom stereocenters. The van der Waals surface area contributed by atoms with E-state index >= 15 is 0 Å². The van der Waals surface area contributed by atoms with E-state index in [1.807, 2.05) is 30.1 Å². The predicted molar refractivity (Wildman–Crippen MR) is 76.8 cm³/mol. The fourth-order valence-electron chi connectivity index (χ4n) is 2.59. The van der Waals surface area contributed by atoms with Crippen molar-refractivity contribution in [1.82, 2.24) is 9.80 Å². The molecule has 1 aromatic rings. The molecule has 1 heterocycles. The van der Waals surface area contributed by atoms with Gasteiger partial charge in [0.2, 0.25) is 5.91 Å². The van der Waals surface area contributed by atoms with Crippen molar-refractivity contribution in [3.63, 3.8) is 0 Å². The van der Waals surface area contributed by atoms with Crippen LogP contribution in [0.4, 0.5) is 0 Å². The Morgan fingerprint density at radius 1 is 1.26 bits per heavy atom. The molecule has 0 aromatic heterocycles. The van der Waals surface area contributed by atoms with Gasteiger partial charge in [-0.05, 0) is 25.5 Å². The van der Waals surface area contributed by atoms with Crippen LogP contribution < -0.4 is 5.73 Å². The van der Waals surface area contributed by atoms with E-state index in [1.54, 1.807) is 0 Å². The van der Waals surface area contributed by atoms with Gasteiger partial charge in [0.15, 0.2) is 0 Å². The van der Waals surface area contributed by atoms with Gasteiger partial charge in [-0.1, -0.05) is 30.3 Å². The van der Waals surface area contributed by atoms with Gasteiger partial charge in [-0.3, -0.25) is 9.69 Å². The Hall–Kier alpha value is -1.39. The lowest BCUT2D eigenvalue weighted by Gasteiger charge is -2.27. The molecule has 1 saturated heterocycles. The van der Waals surface area contributed by atoms with Gasteiger partial charge in [0.05, 0.1) is 0 Å². The average molecular weight is 261 g/mol. The number of benzene rings is 1. The van der Waals surface area contributed by atoms with Crippen LogP contribution in [0.5, 0.6) is 0 Å². The molecule has 1 fully saturated rings. The number of amides is 1. The minimum absolute atomic E-state index is 0.154. The molecule has 0 aliphatic carbocycles. The molecule has 0 spiro atoms. The maximum Gasteiger partial charge on any atom is 0.241 e. The summed E-state index contributed by atoms with van der Waals surface area (Å²) in [5.41, 5.74) is 7.01. The average Bonchev–Trinajstić information content (AvgIpc) is 2.56. The fourth-order valence-corrected chi connectivity index (χ4v) is 2.59. The maximum absolute atomic E-state index is 12.4. The van der Waals surface area contributed by atoms with Crippen molar-refractivity contribution in [3.8, 4) is 0 Å². The Bertz CT molecular complexity index is 407. The van der Waals surface area contributed by atoms with Gasteiger partial charge in [-0.25, -0.2) is 0 Å². The lowest BCUT2D eigenvalue weighted by Crippen LogP contribution is -2.48. The largest absolute Gasteiger partial charge is 0.341 e. The zero-order valence-electron chi connectivity index (χ0n) is 11.6. The van der Waals surface area contributed by atoms with Gasteiger partial charge in [-0.2, -0.15) is 0 Å². The van der Waals surface area contributed by atoms with E-state index < -0.39 is 0 Å². The van der Waals surface area contributed by atoms with Gasteiger partial charge < -0.3 is 10.6 Å². The molecule has 0 saturated carbocycles. The third kappa shape index (κ3) is 3.55. The summed E-state index contributed by atoms with van der Waals surface area (Å²) >= 11 is 0. The standard InChI is InChI=1S/C15H23N3O/c1-17-9-5-10-18(15(19)14(17)12-16)11-8-13-6-3-2-4-7-13/h2-4,6-7,14H,5,8-12,16H2,1H3. The quantitative estimate of drug-likeness (QED) is 0.869. The maximum atomic E-state index is 12.4. The number of nitrogens with zero attached hydrogens (tertiary/aromatic N) is 2. The Kier molecular flexibility index (Phi) is 4.93. The van der Waals surface area contributed by atoms with Crippen LogP contribution in [0.2, 0.25) is 0 Å². The smallest absolute Gasteiger partial charge is 0.241 e. The molecule has 0 bridgehead atoms. The molecule has 19 heavy (non-hydrogen) atoms. The molecule has 1 aliphatic rings. The van der Waals surface area contributed by atoms with Crippen LogP contribution in [0, 0.1) is 0 Å². The van der Waals surface area contributed by atoms with Crippen molar-refractivity contribution in [2.45, 2.75) is 18.9 Å². The van der Waals surface area contributed by atoms with E-state index in [1.165, 1.54) is 5.56 Å². The van der Waals surface area contributed by atoms with Gasteiger partial charge in [-0.15, -0.1) is 0 Å². The number of nitrogens with two attached hydrogens (primary N) is 1. The first-order chi connectivity index (χ1) is 9.22. The molecule has 4 nitrogen and oxygen atoms in total. The van der Waals surface area contributed by atoms with Crippen LogP contribution in [0.25, 0.3) is 0 Å². The lowest BCUT2D eigenvalue weighted by molar-refractivity contribution is -0.134. The summed E-state index contributed by atoms with van der Waals surface area (Å²) in [5, 5.41) is 0. The molecule has 2 rings (SSSR count). The molecule has 1 aromatic carbocycles. The number of carbonyl (C=O) groups excluding carboxylic acids is 1. The number of likely N-dealkylation sites (N-methyl/N-ethyl adjacent to an activating group) is 1. The van der Waals surface area contributed by atoms with Gasteiger partial charge in [0, 0.05) is 26.2 Å². The van der Waals surface area contributed by atoms with Crippen molar-refractivity contribution >= 4 is 5.91 Å². The summed E-state index contributed by atoms with van der Waals surface area (Å²) in [6, 6.07) is 10.1. The van der Waals surface area contributed by atoms with Gasteiger partial charge in [0.1, 0.15) is 6.04 Å². The molecular weight excluding hydrogens is 238 g/mol. The first-order valence-electron chi connectivity index (χ1n) is 6.95. The summed E-state index contributed by atoms with van der Waals surface area (Å²) in [4.78, 5) is 16.5. The minimum Gasteiger partial charge on any atom is -0.341 e. The highest BCUT2D eigenvalue weighted by atomic mass is 16.2. The van der Waals surface area contributed by atoms with Gasteiger partial charge in [0.25, 0.3) is 0 Å². The van der Waals surface area contributed by atoms with Crippen LogP contribution in [0.15, 0.2) is 30.3 Å². The lowest BCUT2D eigenvalue weighted by atomic mass is 10.1. The first-order valence-corrected chi connectivity index (χ1v) is 6.95. The number of rotatable bonds is 4. The topological polar surface area (TPSA) is 49.6 Å². The van der Waals surface area contributed by atoms with Crippen LogP contribution in [0.3, 0.4) is 0 Å². The van der Waals surface area contributed by atoms with Crippen molar-refractivity contribution in [2.75, 3.05) is 33.2 Å². The summed E-state index contributed by atoms with van der Waals surface area (Å²) < 4.78 is 0. The summed E-state index contributed by atoms with van der Waals surface area (Å²) in [7, 11) is 1.98. The van der Waals surface area contributed by atoms with E-state index in [0.29, 0.717) is 6.54 Å². The highest BCUT2D eigenvalue weighted by Gasteiger charge is 2.29. The molecule has 1 aliphatic heterocycles. The Morgan fingerprint density at radius 2 is 2.00 bits per heavy atom. The Morgan fingerprint density at radius 3 is 2.68 bits per heavy atom. The van der Waals surface area contributed by atoms with Crippen molar-refractivity contribution in [1.29, 1.82) is 0 Å². The van der Waals surface area contributed by atoms with Crippen LogP contribution >= 0.6 is 0 Å². The van der Waals surface area contributed by atoms with Crippen molar-refractivity contribution in [2.24, 2.45) is 5.73 Å². The molecule has 104 valence electrons. The summed E-state index contributed by atoms with van der Waals surface area (Å²) in [6.07, 6.45) is 1.93. The molecule has 4 heteroatoms. The van der Waals surface area contributed by atoms with E-state index in [4.69, 9.17) is 5.73 Å². The highest BCUT2D eigenvalue weighted by molar-refractivity contribution is 5.82. The zero-order chi connectivity index (χ0) is 13.7. The second-order valence-electron chi connectivity index (χ2n) is 5.15. The van der Waals surface area contributed by atoms with Crippen LogP contribution in [-0.4, -0.2) is 55.0 Å². The monoisotopic (exact) mass is 261 g/mol. The molecule has 2 N–H and O–H groups in total. The second kappa shape index (κ2) is 6.68. The number of carbonyl (C=O) groups is 1. The normalized spacial score (nSPS) is 21.5.